The van der Waals surface area contributed by atoms with Gasteiger partial charge in [0, 0.05) is 6.42 Å². The molecule has 1 saturated heterocycles. The average molecular weight is 574 g/mol. The first-order valence-corrected chi connectivity index (χ1v) is 14.8. The molecule has 1 aromatic carbocycles. The number of aliphatic hydroxyl groups excluding tert-OH is 1. The van der Waals surface area contributed by atoms with Crippen LogP contribution in [0, 0.1) is 11.8 Å². The lowest BCUT2D eigenvalue weighted by atomic mass is 9.83. The molecule has 228 valence electrons. The van der Waals surface area contributed by atoms with Crippen LogP contribution in [0.4, 0.5) is 4.79 Å². The first kappa shape index (κ1) is 32.4. The number of nitrogens with zero attached hydrogens (tertiary/aromatic N) is 1. The zero-order chi connectivity index (χ0) is 30.2. The van der Waals surface area contributed by atoms with Gasteiger partial charge in [-0.2, -0.15) is 0 Å². The van der Waals surface area contributed by atoms with Gasteiger partial charge in [-0.3, -0.25) is 14.5 Å². The highest BCUT2D eigenvalue weighted by molar-refractivity contribution is 5.92. The van der Waals surface area contributed by atoms with E-state index in [4.69, 9.17) is 9.47 Å². The zero-order valence-electron chi connectivity index (χ0n) is 25.1. The van der Waals surface area contributed by atoms with Crippen LogP contribution >= 0.6 is 0 Å². The molecule has 1 unspecified atom stereocenters. The summed E-state index contributed by atoms with van der Waals surface area (Å²) in [5.74, 6) is -1.45. The predicted molar refractivity (Wildman–Crippen MR) is 154 cm³/mol. The Bertz CT molecular complexity index is 1040. The van der Waals surface area contributed by atoms with Crippen LogP contribution in [0.3, 0.4) is 0 Å². The summed E-state index contributed by atoms with van der Waals surface area (Å²) in [6.07, 6.45) is 4.16. The number of aliphatic hydroxyl groups is 1. The fraction of sp³-hybridized carbons (Fsp3) is 0.677. The van der Waals surface area contributed by atoms with E-state index >= 15 is 0 Å². The highest BCUT2D eigenvalue weighted by Crippen LogP contribution is 2.29. The summed E-state index contributed by atoms with van der Waals surface area (Å²) in [5, 5.41) is 16.5. The molecule has 0 spiro atoms. The average Bonchev–Trinajstić information content (AvgIpc) is 3.22. The molecule has 0 radical (unpaired) electrons. The molecule has 0 aromatic heterocycles. The number of methoxy groups -OCH3 is 1. The lowest BCUT2D eigenvalue weighted by Crippen LogP contribution is -2.58. The number of hydrogen-bond donors (Lipinski definition) is 3. The maximum absolute atomic E-state index is 13.8. The Labute approximate surface area is 243 Å². The van der Waals surface area contributed by atoms with Crippen molar-refractivity contribution in [3.05, 3.63) is 35.9 Å². The molecule has 10 heteroatoms. The molecule has 1 saturated carbocycles. The van der Waals surface area contributed by atoms with Crippen molar-refractivity contribution in [3.63, 3.8) is 0 Å². The van der Waals surface area contributed by atoms with E-state index in [-0.39, 0.29) is 24.8 Å². The second kappa shape index (κ2) is 14.7. The van der Waals surface area contributed by atoms with Crippen molar-refractivity contribution < 1.29 is 33.8 Å². The Balaban J connectivity index is 1.81. The van der Waals surface area contributed by atoms with Crippen molar-refractivity contribution in [3.8, 4) is 0 Å². The molecule has 1 heterocycles. The zero-order valence-corrected chi connectivity index (χ0v) is 25.1. The van der Waals surface area contributed by atoms with Crippen LogP contribution in [-0.4, -0.2) is 77.4 Å². The monoisotopic (exact) mass is 573 g/mol. The third-order valence-corrected chi connectivity index (χ3v) is 7.90. The molecular formula is C31H47N3O7. The predicted octanol–water partition coefficient (Wildman–Crippen LogP) is 3.35. The van der Waals surface area contributed by atoms with Gasteiger partial charge in [-0.25, -0.2) is 9.59 Å². The number of carbonyl (C=O) groups excluding carboxylic acids is 4. The van der Waals surface area contributed by atoms with Crippen LogP contribution in [-0.2, 0) is 30.3 Å². The summed E-state index contributed by atoms with van der Waals surface area (Å²) in [6.45, 7) is 7.69. The van der Waals surface area contributed by atoms with Crippen molar-refractivity contribution >= 4 is 23.9 Å². The fourth-order valence-electron chi connectivity index (χ4n) is 5.81. The van der Waals surface area contributed by atoms with Crippen LogP contribution in [0.2, 0.25) is 0 Å². The van der Waals surface area contributed by atoms with E-state index in [1.165, 1.54) is 12.0 Å². The number of benzene rings is 1. The van der Waals surface area contributed by atoms with Gasteiger partial charge < -0.3 is 25.2 Å². The maximum atomic E-state index is 13.8. The van der Waals surface area contributed by atoms with E-state index in [1.807, 2.05) is 44.2 Å². The number of carbonyl (C=O) groups is 4. The van der Waals surface area contributed by atoms with Crippen molar-refractivity contribution in [2.24, 2.45) is 11.8 Å². The SMILES string of the molecule is COC(=O)C(O)[C@H](CC1CCCCC1)NC(=O)[C@H](CC(C)C)NC(=O)[C@H](Cc1ccccc1)N1CC(C)(C)OC1=O. The normalized spacial score (nSPS) is 20.1. The quantitative estimate of drug-likeness (QED) is 0.308. The second-order valence-corrected chi connectivity index (χ2v) is 12.5. The highest BCUT2D eigenvalue weighted by atomic mass is 16.6. The van der Waals surface area contributed by atoms with Gasteiger partial charge in [-0.05, 0) is 44.1 Å². The topological polar surface area (TPSA) is 134 Å². The van der Waals surface area contributed by atoms with Gasteiger partial charge in [0.25, 0.3) is 0 Å². The summed E-state index contributed by atoms with van der Waals surface area (Å²) in [6, 6.07) is 6.69. The van der Waals surface area contributed by atoms with Crippen LogP contribution in [0.1, 0.15) is 78.2 Å². The Morgan fingerprint density at radius 1 is 1.07 bits per heavy atom. The van der Waals surface area contributed by atoms with Crippen LogP contribution < -0.4 is 10.6 Å². The number of esters is 1. The van der Waals surface area contributed by atoms with E-state index in [0.29, 0.717) is 12.8 Å². The largest absolute Gasteiger partial charge is 0.467 e. The molecule has 3 N–H and O–H groups in total. The minimum absolute atomic E-state index is 0.0524. The molecule has 2 aliphatic rings. The first-order chi connectivity index (χ1) is 19.4. The van der Waals surface area contributed by atoms with Crippen molar-refractivity contribution in [2.45, 2.75) is 109 Å². The van der Waals surface area contributed by atoms with Gasteiger partial charge in [-0.15, -0.1) is 0 Å². The summed E-state index contributed by atoms with van der Waals surface area (Å²) in [7, 11) is 1.20. The fourth-order valence-corrected chi connectivity index (χ4v) is 5.81. The smallest absolute Gasteiger partial charge is 0.411 e. The molecule has 10 nitrogen and oxygen atoms in total. The molecule has 1 aromatic rings. The molecule has 3 rings (SSSR count). The van der Waals surface area contributed by atoms with Crippen LogP contribution in [0.15, 0.2) is 30.3 Å². The van der Waals surface area contributed by atoms with E-state index < -0.39 is 53.7 Å². The molecule has 1 aliphatic heterocycles. The molecular weight excluding hydrogens is 526 g/mol. The Morgan fingerprint density at radius 3 is 2.29 bits per heavy atom. The van der Waals surface area contributed by atoms with Crippen LogP contribution in [0.5, 0.6) is 0 Å². The molecule has 41 heavy (non-hydrogen) atoms. The number of hydrogen-bond acceptors (Lipinski definition) is 7. The number of rotatable bonds is 13. The third kappa shape index (κ3) is 9.45. The third-order valence-electron chi connectivity index (χ3n) is 7.90. The first-order valence-electron chi connectivity index (χ1n) is 14.8. The number of cyclic esters (lactones) is 1. The number of amides is 3. The van der Waals surface area contributed by atoms with Gasteiger partial charge in [-0.1, -0.05) is 76.3 Å². The Hall–Kier alpha value is -3.14. The lowest BCUT2D eigenvalue weighted by Gasteiger charge is -2.32. The highest BCUT2D eigenvalue weighted by Gasteiger charge is 2.44. The van der Waals surface area contributed by atoms with Gasteiger partial charge in [0.15, 0.2) is 6.10 Å². The van der Waals surface area contributed by atoms with Crippen molar-refractivity contribution in [1.82, 2.24) is 15.5 Å². The van der Waals surface area contributed by atoms with E-state index in [2.05, 4.69) is 10.6 Å². The van der Waals surface area contributed by atoms with Gasteiger partial charge in [0.05, 0.1) is 19.7 Å². The Morgan fingerprint density at radius 2 is 1.73 bits per heavy atom. The molecule has 4 atom stereocenters. The number of ether oxygens (including phenoxy) is 2. The van der Waals surface area contributed by atoms with Gasteiger partial charge in [0.1, 0.15) is 17.7 Å². The lowest BCUT2D eigenvalue weighted by molar-refractivity contribution is -0.153. The molecule has 1 aliphatic carbocycles. The molecule has 2 fully saturated rings. The Kier molecular flexibility index (Phi) is 11.6. The van der Waals surface area contributed by atoms with Crippen molar-refractivity contribution in [1.29, 1.82) is 0 Å². The summed E-state index contributed by atoms with van der Waals surface area (Å²) < 4.78 is 10.3. The maximum Gasteiger partial charge on any atom is 0.411 e. The van der Waals surface area contributed by atoms with Crippen LogP contribution in [0.25, 0.3) is 0 Å². The van der Waals surface area contributed by atoms with E-state index in [0.717, 1.165) is 37.7 Å². The molecule has 0 bridgehead atoms. The minimum atomic E-state index is -1.52. The molecule has 3 amide bonds. The van der Waals surface area contributed by atoms with E-state index in [1.54, 1.807) is 13.8 Å². The standard InChI is InChI=1S/C31H47N3O7/c1-20(2)16-24(27(36)32-23(26(35)29(38)40-5)17-21-12-8-6-9-13-21)33-28(37)25(18-22-14-10-7-11-15-22)34-19-31(3,4)41-30(34)39/h7,10-11,14-15,20-21,23-26,35H,6,8-9,12-13,16-19H2,1-5H3,(H,32,36)(H,33,37)/t23-,24-,25-,26?/m0/s1. The minimum Gasteiger partial charge on any atom is -0.467 e. The van der Waals surface area contributed by atoms with Crippen molar-refractivity contribution in [2.75, 3.05) is 13.7 Å². The number of nitrogens with one attached hydrogen (secondary N) is 2. The second-order valence-electron chi connectivity index (χ2n) is 12.5. The summed E-state index contributed by atoms with van der Waals surface area (Å²) in [5.41, 5.74) is 0.112. The van der Waals surface area contributed by atoms with Gasteiger partial charge >= 0.3 is 12.1 Å². The van der Waals surface area contributed by atoms with Gasteiger partial charge in [0.2, 0.25) is 11.8 Å². The van der Waals surface area contributed by atoms with E-state index in [9.17, 15) is 24.3 Å². The summed E-state index contributed by atoms with van der Waals surface area (Å²) in [4.78, 5) is 53.9. The summed E-state index contributed by atoms with van der Waals surface area (Å²) >= 11 is 0.